The molecule has 0 saturated carbocycles. The molecular formula is C6H13NO3S. The maximum atomic E-state index is 9.30. The van der Waals surface area contributed by atoms with E-state index in [9.17, 15) is 10.2 Å². The lowest BCUT2D eigenvalue weighted by atomic mass is 10.0. The topological polar surface area (TPSA) is 86.7 Å². The molecule has 1 aliphatic heterocycles. The van der Waals surface area contributed by atoms with Crippen LogP contribution < -0.4 is 5.73 Å². The minimum absolute atomic E-state index is 0.115. The third-order valence-electron chi connectivity index (χ3n) is 1.85. The first-order chi connectivity index (χ1) is 5.16. The van der Waals surface area contributed by atoms with Crippen molar-refractivity contribution in [2.45, 2.75) is 23.5 Å². The predicted octanol–water partition coefficient (Wildman–Crippen LogP) is -1.86. The van der Waals surface area contributed by atoms with Gasteiger partial charge in [0.15, 0.2) is 0 Å². The number of nitrogens with two attached hydrogens (primary N) is 1. The van der Waals surface area contributed by atoms with Gasteiger partial charge in [-0.25, -0.2) is 0 Å². The maximum Gasteiger partial charge on any atom is 0.0969 e. The summed E-state index contributed by atoms with van der Waals surface area (Å²) < 4.78 is 0. The Kier molecular flexibility index (Phi) is 3.15. The molecule has 4 nitrogen and oxygen atoms in total. The van der Waals surface area contributed by atoms with E-state index in [2.05, 4.69) is 0 Å². The Hall–Kier alpha value is 0.190. The van der Waals surface area contributed by atoms with Crippen LogP contribution in [0.15, 0.2) is 0 Å². The molecule has 1 heterocycles. The Labute approximate surface area is 69.4 Å². The zero-order valence-corrected chi connectivity index (χ0v) is 6.87. The Balaban J connectivity index is 2.52. The first-order valence-electron chi connectivity index (χ1n) is 3.51. The Morgan fingerprint density at radius 3 is 2.55 bits per heavy atom. The van der Waals surface area contributed by atoms with Gasteiger partial charge in [-0.1, -0.05) is 0 Å². The fourth-order valence-corrected chi connectivity index (χ4v) is 2.20. The van der Waals surface area contributed by atoms with Crippen LogP contribution in [0.25, 0.3) is 0 Å². The molecule has 0 aliphatic carbocycles. The summed E-state index contributed by atoms with van der Waals surface area (Å²) in [6, 6.07) is -0.377. The minimum Gasteiger partial charge on any atom is -0.395 e. The largest absolute Gasteiger partial charge is 0.395 e. The molecule has 0 aromatic heterocycles. The molecule has 4 atom stereocenters. The summed E-state index contributed by atoms with van der Waals surface area (Å²) in [6.45, 7) is -0.115. The molecule has 0 unspecified atom stereocenters. The molecule has 0 amide bonds. The van der Waals surface area contributed by atoms with E-state index in [4.69, 9.17) is 10.8 Å². The molecule has 5 N–H and O–H groups in total. The van der Waals surface area contributed by atoms with Crippen LogP contribution in [-0.4, -0.2) is 51.2 Å². The first kappa shape index (κ1) is 9.28. The van der Waals surface area contributed by atoms with Crippen molar-refractivity contribution < 1.29 is 15.3 Å². The van der Waals surface area contributed by atoms with Crippen molar-refractivity contribution in [1.82, 2.24) is 0 Å². The molecule has 5 heteroatoms. The summed E-state index contributed by atoms with van der Waals surface area (Å²) in [4.78, 5) is 0. The predicted molar refractivity (Wildman–Crippen MR) is 43.3 cm³/mol. The summed E-state index contributed by atoms with van der Waals surface area (Å²) in [5, 5.41) is 27.0. The molecule has 1 fully saturated rings. The SMILES string of the molecule is N[C@H]1CS[C@H](CO)[C@@H](O)[C@@H]1O. The highest BCUT2D eigenvalue weighted by Crippen LogP contribution is 2.24. The van der Waals surface area contributed by atoms with Gasteiger partial charge in [0.2, 0.25) is 0 Å². The second-order valence-corrected chi connectivity index (χ2v) is 3.97. The second kappa shape index (κ2) is 3.73. The van der Waals surface area contributed by atoms with Crippen molar-refractivity contribution in [2.24, 2.45) is 5.73 Å². The number of hydrogen-bond acceptors (Lipinski definition) is 5. The van der Waals surface area contributed by atoms with Gasteiger partial charge in [-0.15, -0.1) is 0 Å². The summed E-state index contributed by atoms with van der Waals surface area (Å²) in [5.41, 5.74) is 5.47. The summed E-state index contributed by atoms with van der Waals surface area (Å²) >= 11 is 1.40. The van der Waals surface area contributed by atoms with Crippen LogP contribution in [0.3, 0.4) is 0 Å². The van der Waals surface area contributed by atoms with Crippen molar-refractivity contribution in [3.8, 4) is 0 Å². The van der Waals surface area contributed by atoms with E-state index in [1.807, 2.05) is 0 Å². The quantitative estimate of drug-likeness (QED) is 0.379. The van der Waals surface area contributed by atoms with E-state index in [1.54, 1.807) is 0 Å². The lowest BCUT2D eigenvalue weighted by Gasteiger charge is -2.34. The van der Waals surface area contributed by atoms with Gasteiger partial charge in [-0.3, -0.25) is 0 Å². The molecule has 0 aromatic carbocycles. The highest BCUT2D eigenvalue weighted by atomic mass is 32.2. The molecule has 0 radical (unpaired) electrons. The number of aliphatic hydroxyl groups excluding tert-OH is 3. The fraction of sp³-hybridized carbons (Fsp3) is 1.00. The molecular weight excluding hydrogens is 166 g/mol. The van der Waals surface area contributed by atoms with Gasteiger partial charge in [-0.05, 0) is 0 Å². The van der Waals surface area contributed by atoms with Crippen molar-refractivity contribution in [3.63, 3.8) is 0 Å². The summed E-state index contributed by atoms with van der Waals surface area (Å²) in [5.74, 6) is 0.587. The van der Waals surface area contributed by atoms with E-state index in [-0.39, 0.29) is 17.9 Å². The zero-order chi connectivity index (χ0) is 8.43. The van der Waals surface area contributed by atoms with Gasteiger partial charge in [0, 0.05) is 11.8 Å². The van der Waals surface area contributed by atoms with E-state index in [1.165, 1.54) is 11.8 Å². The third kappa shape index (κ3) is 1.86. The fourth-order valence-electron chi connectivity index (χ4n) is 1.07. The molecule has 66 valence electrons. The number of hydrogen-bond donors (Lipinski definition) is 4. The summed E-state index contributed by atoms with van der Waals surface area (Å²) in [7, 11) is 0. The smallest absolute Gasteiger partial charge is 0.0969 e. The van der Waals surface area contributed by atoms with Crippen molar-refractivity contribution >= 4 is 11.8 Å². The average molecular weight is 179 g/mol. The Morgan fingerprint density at radius 1 is 1.36 bits per heavy atom. The van der Waals surface area contributed by atoms with E-state index >= 15 is 0 Å². The molecule has 0 bridgehead atoms. The van der Waals surface area contributed by atoms with Crippen LogP contribution in [0.1, 0.15) is 0 Å². The van der Waals surface area contributed by atoms with Gasteiger partial charge in [0.05, 0.1) is 24.1 Å². The van der Waals surface area contributed by atoms with Gasteiger partial charge >= 0.3 is 0 Å². The molecule has 1 saturated heterocycles. The number of rotatable bonds is 1. The van der Waals surface area contributed by atoms with Crippen molar-refractivity contribution in [2.75, 3.05) is 12.4 Å². The molecule has 1 rings (SSSR count). The van der Waals surface area contributed by atoms with E-state index < -0.39 is 12.2 Å². The number of aliphatic hydroxyl groups is 3. The van der Waals surface area contributed by atoms with Crippen LogP contribution in [0.5, 0.6) is 0 Å². The lowest BCUT2D eigenvalue weighted by Crippen LogP contribution is -2.53. The Bertz CT molecular complexity index is 133. The van der Waals surface area contributed by atoms with Crippen LogP contribution in [0, 0.1) is 0 Å². The van der Waals surface area contributed by atoms with E-state index in [0.29, 0.717) is 5.75 Å². The van der Waals surface area contributed by atoms with Crippen LogP contribution >= 0.6 is 11.8 Å². The second-order valence-electron chi connectivity index (χ2n) is 2.70. The highest BCUT2D eigenvalue weighted by Gasteiger charge is 2.35. The van der Waals surface area contributed by atoms with Crippen molar-refractivity contribution in [1.29, 1.82) is 0 Å². The van der Waals surface area contributed by atoms with Gasteiger partial charge in [-0.2, -0.15) is 11.8 Å². The minimum atomic E-state index is -0.895. The monoisotopic (exact) mass is 179 g/mol. The third-order valence-corrected chi connectivity index (χ3v) is 3.29. The number of thioether (sulfide) groups is 1. The molecule has 0 spiro atoms. The normalized spacial score (nSPS) is 45.8. The maximum absolute atomic E-state index is 9.30. The first-order valence-corrected chi connectivity index (χ1v) is 4.56. The van der Waals surface area contributed by atoms with E-state index in [0.717, 1.165) is 0 Å². The summed E-state index contributed by atoms with van der Waals surface area (Å²) in [6.07, 6.45) is -1.79. The van der Waals surface area contributed by atoms with Crippen LogP contribution in [-0.2, 0) is 0 Å². The van der Waals surface area contributed by atoms with Crippen LogP contribution in [0.2, 0.25) is 0 Å². The highest BCUT2D eigenvalue weighted by molar-refractivity contribution is 8.00. The van der Waals surface area contributed by atoms with Crippen LogP contribution in [0.4, 0.5) is 0 Å². The average Bonchev–Trinajstić information content (AvgIpc) is 2.01. The molecule has 11 heavy (non-hydrogen) atoms. The van der Waals surface area contributed by atoms with Gasteiger partial charge in [0.25, 0.3) is 0 Å². The molecule has 0 aromatic rings. The van der Waals surface area contributed by atoms with Gasteiger partial charge in [0.1, 0.15) is 0 Å². The van der Waals surface area contributed by atoms with Crippen molar-refractivity contribution in [3.05, 3.63) is 0 Å². The zero-order valence-electron chi connectivity index (χ0n) is 6.05. The molecule has 1 aliphatic rings. The lowest BCUT2D eigenvalue weighted by molar-refractivity contribution is -0.00476. The van der Waals surface area contributed by atoms with Gasteiger partial charge < -0.3 is 21.1 Å². The Morgan fingerprint density at radius 2 is 2.00 bits per heavy atom. The standard InChI is InChI=1S/C6H13NO3S/c7-3-2-11-4(1-8)6(10)5(3)9/h3-6,8-10H,1-2,7H2/t3-,4+,5+,6+/m0/s1.